The van der Waals surface area contributed by atoms with Gasteiger partial charge in [0.1, 0.15) is 0 Å². The summed E-state index contributed by atoms with van der Waals surface area (Å²) in [6.45, 7) is 0.495. The van der Waals surface area contributed by atoms with Gasteiger partial charge in [-0.05, 0) is 24.7 Å². The van der Waals surface area contributed by atoms with Gasteiger partial charge in [-0.15, -0.1) is 0 Å². The van der Waals surface area contributed by atoms with Crippen molar-refractivity contribution in [1.29, 1.82) is 0 Å². The van der Waals surface area contributed by atoms with Crippen molar-refractivity contribution in [2.24, 2.45) is 5.73 Å². The highest BCUT2D eigenvalue weighted by molar-refractivity contribution is 5.59. The molecule has 0 aliphatic rings. The van der Waals surface area contributed by atoms with Crippen molar-refractivity contribution in [3.05, 3.63) is 41.6 Å². The van der Waals surface area contributed by atoms with Crippen LogP contribution in [0.1, 0.15) is 11.3 Å². The largest absolute Gasteiger partial charge is 0.416 e. The first kappa shape index (κ1) is 12.6. The van der Waals surface area contributed by atoms with Crippen LogP contribution in [-0.2, 0) is 12.6 Å². The molecule has 0 radical (unpaired) electrons. The monoisotopic (exact) mass is 255 g/mol. The summed E-state index contributed by atoms with van der Waals surface area (Å²) in [5.41, 5.74) is 6.87. The maximum absolute atomic E-state index is 12.4. The summed E-state index contributed by atoms with van der Waals surface area (Å²) < 4.78 is 37.2. The number of nitrogens with two attached hydrogens (primary N) is 1. The zero-order chi connectivity index (χ0) is 13.2. The van der Waals surface area contributed by atoms with Gasteiger partial charge in [-0.2, -0.15) is 18.3 Å². The molecule has 0 aliphatic heterocycles. The molecule has 3 N–H and O–H groups in total. The summed E-state index contributed by atoms with van der Waals surface area (Å²) in [5.74, 6) is 0. The van der Waals surface area contributed by atoms with Gasteiger partial charge in [0.25, 0.3) is 0 Å². The van der Waals surface area contributed by atoms with E-state index in [1.54, 1.807) is 6.07 Å². The number of aromatic nitrogens is 2. The van der Waals surface area contributed by atoms with Gasteiger partial charge >= 0.3 is 6.18 Å². The van der Waals surface area contributed by atoms with Crippen LogP contribution in [0.25, 0.3) is 11.3 Å². The van der Waals surface area contributed by atoms with Crippen molar-refractivity contribution in [3.8, 4) is 11.3 Å². The van der Waals surface area contributed by atoms with Crippen LogP contribution in [0.15, 0.2) is 30.3 Å². The smallest absolute Gasteiger partial charge is 0.330 e. The fourth-order valence-corrected chi connectivity index (χ4v) is 1.62. The standard InChI is InChI=1S/C12H12F3N3/c13-12(14,15)9-3-1-8(2-4-9)11-7-10(5-6-16)17-18-11/h1-4,7H,5-6,16H2,(H,17,18). The lowest BCUT2D eigenvalue weighted by atomic mass is 10.1. The van der Waals surface area contributed by atoms with Crippen LogP contribution in [0.3, 0.4) is 0 Å². The molecule has 0 saturated heterocycles. The van der Waals surface area contributed by atoms with E-state index in [0.29, 0.717) is 24.2 Å². The van der Waals surface area contributed by atoms with Gasteiger partial charge in [-0.25, -0.2) is 0 Å². The maximum atomic E-state index is 12.4. The molecule has 1 aromatic carbocycles. The molecule has 6 heteroatoms. The van der Waals surface area contributed by atoms with E-state index < -0.39 is 11.7 Å². The lowest BCUT2D eigenvalue weighted by Gasteiger charge is -2.06. The van der Waals surface area contributed by atoms with E-state index in [2.05, 4.69) is 10.2 Å². The van der Waals surface area contributed by atoms with Gasteiger partial charge in [-0.3, -0.25) is 5.10 Å². The summed E-state index contributed by atoms with van der Waals surface area (Å²) in [6, 6.07) is 6.70. The highest BCUT2D eigenvalue weighted by Crippen LogP contribution is 2.30. The minimum Gasteiger partial charge on any atom is -0.330 e. The molecule has 96 valence electrons. The molecule has 0 aliphatic carbocycles. The third-order valence-corrected chi connectivity index (χ3v) is 2.55. The van der Waals surface area contributed by atoms with Gasteiger partial charge in [0.05, 0.1) is 11.3 Å². The molecular weight excluding hydrogens is 243 g/mol. The van der Waals surface area contributed by atoms with E-state index in [1.807, 2.05) is 0 Å². The first-order chi connectivity index (χ1) is 8.50. The average molecular weight is 255 g/mol. The van der Waals surface area contributed by atoms with Crippen LogP contribution in [0.5, 0.6) is 0 Å². The lowest BCUT2D eigenvalue weighted by molar-refractivity contribution is -0.137. The molecule has 3 nitrogen and oxygen atoms in total. The van der Waals surface area contributed by atoms with E-state index in [-0.39, 0.29) is 0 Å². The van der Waals surface area contributed by atoms with Crippen LogP contribution in [-0.4, -0.2) is 16.7 Å². The van der Waals surface area contributed by atoms with Crippen LogP contribution < -0.4 is 5.73 Å². The topological polar surface area (TPSA) is 54.7 Å². The zero-order valence-electron chi connectivity index (χ0n) is 9.46. The number of hydrogen-bond donors (Lipinski definition) is 2. The number of alkyl halides is 3. The molecule has 0 unspecified atom stereocenters. The Bertz CT molecular complexity index is 514. The van der Waals surface area contributed by atoms with E-state index in [4.69, 9.17) is 5.73 Å². The fraction of sp³-hybridized carbons (Fsp3) is 0.250. The lowest BCUT2D eigenvalue weighted by Crippen LogP contribution is -2.03. The minimum absolute atomic E-state index is 0.495. The number of nitrogens with one attached hydrogen (secondary N) is 1. The second-order valence-electron chi connectivity index (χ2n) is 3.89. The van der Waals surface area contributed by atoms with Crippen LogP contribution in [0, 0.1) is 0 Å². The normalized spacial score (nSPS) is 11.8. The number of halogens is 3. The highest BCUT2D eigenvalue weighted by Gasteiger charge is 2.30. The second kappa shape index (κ2) is 4.81. The first-order valence-electron chi connectivity index (χ1n) is 5.42. The Kier molecular flexibility index (Phi) is 3.38. The van der Waals surface area contributed by atoms with Crippen LogP contribution >= 0.6 is 0 Å². The number of aromatic amines is 1. The molecule has 0 amide bonds. The molecule has 0 bridgehead atoms. The van der Waals surface area contributed by atoms with Gasteiger partial charge in [0, 0.05) is 17.7 Å². The third-order valence-electron chi connectivity index (χ3n) is 2.55. The molecule has 0 atom stereocenters. The number of nitrogens with zero attached hydrogens (tertiary/aromatic N) is 1. The molecule has 1 heterocycles. The maximum Gasteiger partial charge on any atom is 0.416 e. The fourth-order valence-electron chi connectivity index (χ4n) is 1.62. The summed E-state index contributed by atoms with van der Waals surface area (Å²) in [6.07, 6.45) is -3.65. The summed E-state index contributed by atoms with van der Waals surface area (Å²) in [4.78, 5) is 0. The number of H-pyrrole nitrogens is 1. The minimum atomic E-state index is -4.31. The summed E-state index contributed by atoms with van der Waals surface area (Å²) in [7, 11) is 0. The van der Waals surface area contributed by atoms with E-state index >= 15 is 0 Å². The Morgan fingerprint density at radius 1 is 1.17 bits per heavy atom. The molecule has 2 aromatic rings. The average Bonchev–Trinajstić information content (AvgIpc) is 2.77. The Morgan fingerprint density at radius 3 is 2.39 bits per heavy atom. The summed E-state index contributed by atoms with van der Waals surface area (Å²) in [5, 5.41) is 6.83. The predicted molar refractivity (Wildman–Crippen MR) is 61.8 cm³/mol. The van der Waals surface area contributed by atoms with Crippen LogP contribution in [0.2, 0.25) is 0 Å². The molecule has 0 spiro atoms. The van der Waals surface area contributed by atoms with Crippen molar-refractivity contribution < 1.29 is 13.2 Å². The molecule has 1 aromatic heterocycles. The second-order valence-corrected chi connectivity index (χ2v) is 3.89. The van der Waals surface area contributed by atoms with Crippen molar-refractivity contribution in [2.45, 2.75) is 12.6 Å². The van der Waals surface area contributed by atoms with Gasteiger partial charge < -0.3 is 5.73 Å². The Balaban J connectivity index is 2.23. The third kappa shape index (κ3) is 2.70. The van der Waals surface area contributed by atoms with Crippen molar-refractivity contribution in [3.63, 3.8) is 0 Å². The van der Waals surface area contributed by atoms with Crippen molar-refractivity contribution >= 4 is 0 Å². The van der Waals surface area contributed by atoms with Crippen molar-refractivity contribution in [1.82, 2.24) is 10.2 Å². The zero-order valence-corrected chi connectivity index (χ0v) is 9.46. The molecule has 0 fully saturated rings. The molecule has 0 saturated carbocycles. The number of rotatable bonds is 3. The van der Waals surface area contributed by atoms with E-state index in [1.165, 1.54) is 12.1 Å². The Labute approximate surface area is 102 Å². The SMILES string of the molecule is NCCc1cc(-c2ccc(C(F)(F)F)cc2)n[nH]1. The Hall–Kier alpha value is -1.82. The van der Waals surface area contributed by atoms with E-state index in [9.17, 15) is 13.2 Å². The van der Waals surface area contributed by atoms with Crippen molar-refractivity contribution in [2.75, 3.05) is 6.54 Å². The molecule has 2 rings (SSSR count). The number of benzene rings is 1. The van der Waals surface area contributed by atoms with Crippen LogP contribution in [0.4, 0.5) is 13.2 Å². The molecule has 18 heavy (non-hydrogen) atoms. The van der Waals surface area contributed by atoms with E-state index in [0.717, 1.165) is 17.8 Å². The highest BCUT2D eigenvalue weighted by atomic mass is 19.4. The predicted octanol–water partition coefficient (Wildman–Crippen LogP) is 2.60. The Morgan fingerprint density at radius 2 is 1.83 bits per heavy atom. The quantitative estimate of drug-likeness (QED) is 0.885. The van der Waals surface area contributed by atoms with Gasteiger partial charge in [0.2, 0.25) is 0 Å². The molecular formula is C12H12F3N3. The number of hydrogen-bond acceptors (Lipinski definition) is 2. The van der Waals surface area contributed by atoms with Gasteiger partial charge in [-0.1, -0.05) is 12.1 Å². The summed E-state index contributed by atoms with van der Waals surface area (Å²) >= 11 is 0. The van der Waals surface area contributed by atoms with Gasteiger partial charge in [0.15, 0.2) is 0 Å². The first-order valence-corrected chi connectivity index (χ1v) is 5.42.